The van der Waals surface area contributed by atoms with Gasteiger partial charge in [-0.3, -0.25) is 4.79 Å². The Balaban J connectivity index is 2.80. The predicted octanol–water partition coefficient (Wildman–Crippen LogP) is 1.51. The Morgan fingerprint density at radius 2 is 2.18 bits per heavy atom. The average molecular weight is 244 g/mol. The standard InChI is InChI=1S/C11H14F2N2O2/c1-7(17)9-4-8(2-3-10(9)14)15-5-11(12,13)6-16/h2-4,15-16H,5-6,14H2,1H3. The minimum absolute atomic E-state index is 0.236. The van der Waals surface area contributed by atoms with Crippen LogP contribution >= 0.6 is 0 Å². The Morgan fingerprint density at radius 3 is 2.71 bits per heavy atom. The molecule has 0 aliphatic rings. The summed E-state index contributed by atoms with van der Waals surface area (Å²) in [6.07, 6.45) is 0. The number of ketones is 1. The van der Waals surface area contributed by atoms with E-state index in [0.29, 0.717) is 11.4 Å². The number of aliphatic hydroxyl groups is 1. The molecule has 0 aromatic heterocycles. The molecule has 6 heteroatoms. The number of nitrogens with one attached hydrogen (secondary N) is 1. The number of Topliss-reactive ketones (excluding diaryl/α,β-unsaturated/α-hetero) is 1. The molecule has 0 aliphatic carbocycles. The fraction of sp³-hybridized carbons (Fsp3) is 0.364. The van der Waals surface area contributed by atoms with Crippen LogP contribution in [0, 0.1) is 0 Å². The highest BCUT2D eigenvalue weighted by Gasteiger charge is 2.27. The quantitative estimate of drug-likeness (QED) is 0.542. The lowest BCUT2D eigenvalue weighted by Crippen LogP contribution is -2.31. The van der Waals surface area contributed by atoms with Crippen LogP contribution in [0.1, 0.15) is 17.3 Å². The summed E-state index contributed by atoms with van der Waals surface area (Å²) in [7, 11) is 0. The van der Waals surface area contributed by atoms with Crippen molar-refractivity contribution >= 4 is 17.2 Å². The molecule has 0 aliphatic heterocycles. The molecular weight excluding hydrogens is 230 g/mol. The van der Waals surface area contributed by atoms with Gasteiger partial charge < -0.3 is 16.2 Å². The molecule has 0 saturated heterocycles. The third-order valence-corrected chi connectivity index (χ3v) is 2.22. The van der Waals surface area contributed by atoms with Crippen LogP contribution < -0.4 is 11.1 Å². The van der Waals surface area contributed by atoms with Gasteiger partial charge in [0.1, 0.15) is 6.61 Å². The summed E-state index contributed by atoms with van der Waals surface area (Å²) in [5.74, 6) is -3.43. The molecule has 0 heterocycles. The lowest BCUT2D eigenvalue weighted by molar-refractivity contribution is -0.0372. The highest BCUT2D eigenvalue weighted by Crippen LogP contribution is 2.20. The second kappa shape index (κ2) is 5.09. The summed E-state index contributed by atoms with van der Waals surface area (Å²) >= 11 is 0. The number of halogens is 2. The Hall–Kier alpha value is -1.69. The maximum absolute atomic E-state index is 12.8. The van der Waals surface area contributed by atoms with Crippen molar-refractivity contribution in [2.75, 3.05) is 24.2 Å². The summed E-state index contributed by atoms with van der Waals surface area (Å²) in [5.41, 5.74) is 6.50. The fourth-order valence-corrected chi connectivity index (χ4v) is 1.26. The van der Waals surface area contributed by atoms with Crippen LogP contribution in [-0.4, -0.2) is 30.0 Å². The first kappa shape index (κ1) is 13.4. The van der Waals surface area contributed by atoms with E-state index in [0.717, 1.165) is 0 Å². The first-order valence-electron chi connectivity index (χ1n) is 4.99. The highest BCUT2D eigenvalue weighted by atomic mass is 19.3. The second-order valence-electron chi connectivity index (χ2n) is 3.73. The molecule has 94 valence electrons. The Kier molecular flexibility index (Phi) is 4.01. The van der Waals surface area contributed by atoms with Gasteiger partial charge in [0.05, 0.1) is 6.54 Å². The van der Waals surface area contributed by atoms with E-state index in [-0.39, 0.29) is 11.3 Å². The molecule has 0 fully saturated rings. The average Bonchev–Trinajstić information content (AvgIpc) is 2.27. The molecule has 0 atom stereocenters. The SMILES string of the molecule is CC(=O)c1cc(NCC(F)(F)CO)ccc1N. The Morgan fingerprint density at radius 1 is 1.53 bits per heavy atom. The van der Waals surface area contributed by atoms with Gasteiger partial charge in [-0.15, -0.1) is 0 Å². The van der Waals surface area contributed by atoms with Gasteiger partial charge in [-0.1, -0.05) is 0 Å². The number of nitrogens with two attached hydrogens (primary N) is 1. The number of alkyl halides is 2. The highest BCUT2D eigenvalue weighted by molar-refractivity contribution is 5.99. The van der Waals surface area contributed by atoms with E-state index in [1.165, 1.54) is 25.1 Å². The van der Waals surface area contributed by atoms with Crippen molar-refractivity contribution in [3.8, 4) is 0 Å². The molecule has 0 amide bonds. The van der Waals surface area contributed by atoms with E-state index in [1.807, 2.05) is 0 Å². The topological polar surface area (TPSA) is 75.3 Å². The molecule has 0 spiro atoms. The van der Waals surface area contributed by atoms with E-state index in [2.05, 4.69) is 5.32 Å². The van der Waals surface area contributed by atoms with Crippen molar-refractivity contribution in [1.29, 1.82) is 0 Å². The van der Waals surface area contributed by atoms with Crippen LogP contribution in [0.5, 0.6) is 0 Å². The van der Waals surface area contributed by atoms with E-state index in [4.69, 9.17) is 10.8 Å². The van der Waals surface area contributed by atoms with Gasteiger partial charge in [0.25, 0.3) is 5.92 Å². The zero-order chi connectivity index (χ0) is 13.1. The molecule has 17 heavy (non-hydrogen) atoms. The number of rotatable bonds is 5. The van der Waals surface area contributed by atoms with E-state index >= 15 is 0 Å². The van der Waals surface area contributed by atoms with Gasteiger partial charge >= 0.3 is 0 Å². The number of carbonyl (C=O) groups excluding carboxylic acids is 1. The first-order chi connectivity index (χ1) is 7.85. The number of hydrogen-bond donors (Lipinski definition) is 3. The maximum atomic E-state index is 12.8. The largest absolute Gasteiger partial charge is 0.398 e. The zero-order valence-electron chi connectivity index (χ0n) is 9.34. The summed E-state index contributed by atoms with van der Waals surface area (Å²) in [6.45, 7) is -0.586. The van der Waals surface area contributed by atoms with E-state index < -0.39 is 19.1 Å². The zero-order valence-corrected chi connectivity index (χ0v) is 9.34. The minimum Gasteiger partial charge on any atom is -0.398 e. The molecule has 1 aromatic rings. The molecule has 1 rings (SSSR count). The van der Waals surface area contributed by atoms with Crippen molar-refractivity contribution in [2.45, 2.75) is 12.8 Å². The van der Waals surface area contributed by atoms with Crippen LogP contribution in [0.4, 0.5) is 20.2 Å². The number of hydrogen-bond acceptors (Lipinski definition) is 4. The van der Waals surface area contributed by atoms with Crippen LogP contribution in [-0.2, 0) is 0 Å². The molecule has 4 N–H and O–H groups in total. The summed E-state index contributed by atoms with van der Waals surface area (Å²) in [5, 5.41) is 10.8. The summed E-state index contributed by atoms with van der Waals surface area (Å²) in [4.78, 5) is 11.2. The number of nitrogen functional groups attached to an aromatic ring is 1. The fourth-order valence-electron chi connectivity index (χ4n) is 1.26. The van der Waals surface area contributed by atoms with Gasteiger partial charge in [0.15, 0.2) is 5.78 Å². The molecule has 0 saturated carbocycles. The van der Waals surface area contributed by atoms with Crippen LogP contribution in [0.3, 0.4) is 0 Å². The lowest BCUT2D eigenvalue weighted by atomic mass is 10.1. The number of benzene rings is 1. The number of anilines is 2. The van der Waals surface area contributed by atoms with Crippen molar-refractivity contribution in [3.05, 3.63) is 23.8 Å². The molecule has 4 nitrogen and oxygen atoms in total. The smallest absolute Gasteiger partial charge is 0.287 e. The monoisotopic (exact) mass is 244 g/mol. The van der Waals surface area contributed by atoms with Gasteiger partial charge in [-0.25, -0.2) is 8.78 Å². The van der Waals surface area contributed by atoms with Crippen LogP contribution in [0.2, 0.25) is 0 Å². The third-order valence-electron chi connectivity index (χ3n) is 2.22. The van der Waals surface area contributed by atoms with E-state index in [9.17, 15) is 13.6 Å². The molecular formula is C11H14F2N2O2. The molecule has 0 radical (unpaired) electrons. The maximum Gasteiger partial charge on any atom is 0.287 e. The van der Waals surface area contributed by atoms with Crippen molar-refractivity contribution in [1.82, 2.24) is 0 Å². The predicted molar refractivity (Wildman–Crippen MR) is 61.4 cm³/mol. The molecule has 1 aromatic carbocycles. The third kappa shape index (κ3) is 3.67. The van der Waals surface area contributed by atoms with Gasteiger partial charge in [0, 0.05) is 16.9 Å². The summed E-state index contributed by atoms with van der Waals surface area (Å²) in [6, 6.07) is 4.37. The van der Waals surface area contributed by atoms with Gasteiger partial charge in [0.2, 0.25) is 0 Å². The van der Waals surface area contributed by atoms with E-state index in [1.54, 1.807) is 0 Å². The Labute approximate surface area is 97.4 Å². The number of carbonyl (C=O) groups is 1. The van der Waals surface area contributed by atoms with Crippen molar-refractivity contribution in [3.63, 3.8) is 0 Å². The van der Waals surface area contributed by atoms with Gasteiger partial charge in [-0.2, -0.15) is 0 Å². The van der Waals surface area contributed by atoms with Crippen molar-refractivity contribution < 1.29 is 18.7 Å². The Bertz CT molecular complexity index is 422. The van der Waals surface area contributed by atoms with Gasteiger partial charge in [-0.05, 0) is 25.1 Å². The second-order valence-corrected chi connectivity index (χ2v) is 3.73. The molecule has 0 unspecified atom stereocenters. The van der Waals surface area contributed by atoms with Crippen LogP contribution in [0.15, 0.2) is 18.2 Å². The number of aliphatic hydroxyl groups excluding tert-OH is 1. The summed E-state index contributed by atoms with van der Waals surface area (Å²) < 4.78 is 25.5. The minimum atomic E-state index is -3.20. The normalized spacial score (nSPS) is 11.3. The lowest BCUT2D eigenvalue weighted by Gasteiger charge is -2.15. The molecule has 0 bridgehead atoms. The van der Waals surface area contributed by atoms with Crippen molar-refractivity contribution in [2.24, 2.45) is 0 Å². The first-order valence-corrected chi connectivity index (χ1v) is 4.99. The van der Waals surface area contributed by atoms with Crippen LogP contribution in [0.25, 0.3) is 0 Å².